The first-order valence-electron chi connectivity index (χ1n) is 6.36. The van der Waals surface area contributed by atoms with Gasteiger partial charge in [0.1, 0.15) is 0 Å². The summed E-state index contributed by atoms with van der Waals surface area (Å²) in [6.07, 6.45) is 2.62. The van der Waals surface area contributed by atoms with Crippen LogP contribution in [0.1, 0.15) is 37.6 Å². The topological polar surface area (TPSA) is 51.2 Å². The van der Waals surface area contributed by atoms with Gasteiger partial charge in [-0.05, 0) is 38.0 Å². The van der Waals surface area contributed by atoms with E-state index in [0.29, 0.717) is 13.2 Å². The molecule has 98 valence electrons. The van der Waals surface area contributed by atoms with Gasteiger partial charge >= 0.3 is 0 Å². The largest absolute Gasteiger partial charge is 0.379 e. The van der Waals surface area contributed by atoms with Crippen molar-refractivity contribution in [1.29, 1.82) is 0 Å². The van der Waals surface area contributed by atoms with Gasteiger partial charge in [-0.15, -0.1) is 0 Å². The van der Waals surface area contributed by atoms with Crippen LogP contribution in [0.5, 0.6) is 0 Å². The van der Waals surface area contributed by atoms with Gasteiger partial charge in [-0.25, -0.2) is 0 Å². The van der Waals surface area contributed by atoms with Crippen LogP contribution < -0.4 is 5.32 Å². The number of aromatic nitrogens is 1. The minimum Gasteiger partial charge on any atom is -0.379 e. The van der Waals surface area contributed by atoms with E-state index in [9.17, 15) is 4.79 Å². The zero-order valence-corrected chi connectivity index (χ0v) is 11.2. The van der Waals surface area contributed by atoms with Crippen LogP contribution in [0.25, 0.3) is 0 Å². The monoisotopic (exact) mass is 248 g/mol. The molecule has 1 aromatic rings. The molecule has 1 N–H and O–H groups in total. The number of carbonyl (C=O) groups excluding carboxylic acids is 1. The Kier molecular flexibility index (Phi) is 3.66. The fourth-order valence-electron chi connectivity index (χ4n) is 2.01. The second-order valence-electron chi connectivity index (χ2n) is 5.25. The molecule has 0 spiro atoms. The van der Waals surface area contributed by atoms with E-state index in [1.807, 2.05) is 26.0 Å². The molecule has 2 heterocycles. The predicted octanol–water partition coefficient (Wildman–Crippen LogP) is 1.99. The highest BCUT2D eigenvalue weighted by molar-refractivity contribution is 5.83. The molecular formula is C14H20N2O2. The normalized spacial score (nSPS) is 18.8. The van der Waals surface area contributed by atoms with Crippen molar-refractivity contribution in [1.82, 2.24) is 10.3 Å². The molecule has 1 atom stereocenters. The number of pyridine rings is 1. The van der Waals surface area contributed by atoms with Gasteiger partial charge in [-0.1, -0.05) is 6.92 Å². The Hall–Kier alpha value is -1.42. The van der Waals surface area contributed by atoms with Gasteiger partial charge in [0.2, 0.25) is 5.91 Å². The number of ether oxygens (including phenoxy) is 1. The molecule has 0 aliphatic carbocycles. The van der Waals surface area contributed by atoms with Crippen molar-refractivity contribution in [3.8, 4) is 0 Å². The Balaban J connectivity index is 2.07. The molecule has 1 aliphatic heterocycles. The summed E-state index contributed by atoms with van der Waals surface area (Å²) in [5.41, 5.74) is 1.72. The Morgan fingerprint density at radius 1 is 1.61 bits per heavy atom. The molecule has 1 unspecified atom stereocenters. The van der Waals surface area contributed by atoms with Crippen molar-refractivity contribution in [2.75, 3.05) is 13.2 Å². The van der Waals surface area contributed by atoms with Crippen LogP contribution in [-0.2, 0) is 9.53 Å². The molecule has 2 rings (SSSR count). The molecule has 1 fully saturated rings. The highest BCUT2D eigenvalue weighted by atomic mass is 16.5. The molecule has 1 aliphatic rings. The number of amides is 1. The lowest BCUT2D eigenvalue weighted by Gasteiger charge is -2.37. The molecule has 1 saturated heterocycles. The number of aryl methyl sites for hydroxylation is 1. The summed E-state index contributed by atoms with van der Waals surface area (Å²) in [6, 6.07) is 3.96. The average Bonchev–Trinajstić information content (AvgIpc) is 2.32. The maximum Gasteiger partial charge on any atom is 0.231 e. The first kappa shape index (κ1) is 13.0. The predicted molar refractivity (Wildman–Crippen MR) is 69.1 cm³/mol. The molecule has 0 radical (unpaired) electrons. The number of nitrogens with one attached hydrogen (secondary N) is 1. The molecule has 0 bridgehead atoms. The third kappa shape index (κ3) is 2.53. The quantitative estimate of drug-likeness (QED) is 0.886. The summed E-state index contributed by atoms with van der Waals surface area (Å²) in [7, 11) is 0. The molecule has 4 heteroatoms. The van der Waals surface area contributed by atoms with E-state index in [0.717, 1.165) is 17.7 Å². The number of hydrogen-bond acceptors (Lipinski definition) is 3. The third-order valence-electron chi connectivity index (χ3n) is 3.40. The van der Waals surface area contributed by atoms with E-state index in [2.05, 4.69) is 17.2 Å². The Morgan fingerprint density at radius 2 is 2.33 bits per heavy atom. The van der Waals surface area contributed by atoms with Crippen molar-refractivity contribution in [2.45, 2.75) is 33.2 Å². The van der Waals surface area contributed by atoms with Crippen LogP contribution in [0.15, 0.2) is 18.3 Å². The summed E-state index contributed by atoms with van der Waals surface area (Å²) in [5.74, 6) is 0.0592. The van der Waals surface area contributed by atoms with E-state index < -0.39 is 0 Å². The van der Waals surface area contributed by atoms with Gasteiger partial charge < -0.3 is 10.1 Å². The van der Waals surface area contributed by atoms with Crippen LogP contribution in [0.2, 0.25) is 0 Å². The first-order chi connectivity index (χ1) is 8.55. The fraction of sp³-hybridized carbons (Fsp3) is 0.571. The van der Waals surface area contributed by atoms with Crippen molar-refractivity contribution in [3.05, 3.63) is 29.6 Å². The number of carbonyl (C=O) groups is 1. The van der Waals surface area contributed by atoms with Gasteiger partial charge in [-0.2, -0.15) is 0 Å². The lowest BCUT2D eigenvalue weighted by molar-refractivity contribution is -0.158. The molecule has 18 heavy (non-hydrogen) atoms. The zero-order valence-electron chi connectivity index (χ0n) is 11.2. The number of rotatable bonds is 4. The van der Waals surface area contributed by atoms with Crippen LogP contribution >= 0.6 is 0 Å². The second-order valence-corrected chi connectivity index (χ2v) is 5.25. The lowest BCUT2D eigenvalue weighted by Crippen LogP contribution is -2.52. The van der Waals surface area contributed by atoms with Gasteiger partial charge in [-0.3, -0.25) is 9.78 Å². The van der Waals surface area contributed by atoms with E-state index in [1.54, 1.807) is 6.20 Å². The maximum absolute atomic E-state index is 12.2. The minimum absolute atomic E-state index is 0.0187. The first-order valence-corrected chi connectivity index (χ1v) is 6.36. The van der Waals surface area contributed by atoms with Gasteiger partial charge in [0, 0.05) is 6.20 Å². The van der Waals surface area contributed by atoms with Crippen LogP contribution in [0, 0.1) is 12.3 Å². The zero-order chi connectivity index (χ0) is 13.2. The van der Waals surface area contributed by atoms with Crippen LogP contribution in [-0.4, -0.2) is 24.1 Å². The Labute approximate surface area is 108 Å². The number of nitrogens with zero attached hydrogens (tertiary/aromatic N) is 1. The average molecular weight is 248 g/mol. The van der Waals surface area contributed by atoms with Crippen molar-refractivity contribution >= 4 is 5.91 Å². The third-order valence-corrected chi connectivity index (χ3v) is 3.40. The van der Waals surface area contributed by atoms with Gasteiger partial charge in [0.25, 0.3) is 0 Å². The minimum atomic E-state index is -0.364. The summed E-state index contributed by atoms with van der Waals surface area (Å²) >= 11 is 0. The molecule has 0 aromatic carbocycles. The van der Waals surface area contributed by atoms with E-state index in [-0.39, 0.29) is 17.4 Å². The van der Waals surface area contributed by atoms with E-state index in [1.165, 1.54) is 0 Å². The molecular weight excluding hydrogens is 228 g/mol. The highest BCUT2D eigenvalue weighted by Gasteiger charge is 2.41. The highest BCUT2D eigenvalue weighted by Crippen LogP contribution is 2.28. The van der Waals surface area contributed by atoms with Crippen molar-refractivity contribution in [2.24, 2.45) is 5.41 Å². The smallest absolute Gasteiger partial charge is 0.231 e. The summed E-state index contributed by atoms with van der Waals surface area (Å²) in [5, 5.41) is 3.07. The van der Waals surface area contributed by atoms with Crippen LogP contribution in [0.3, 0.4) is 0 Å². The Morgan fingerprint density at radius 3 is 2.83 bits per heavy atom. The van der Waals surface area contributed by atoms with Gasteiger partial charge in [0.05, 0.1) is 30.4 Å². The molecule has 1 aromatic heterocycles. The van der Waals surface area contributed by atoms with Crippen molar-refractivity contribution < 1.29 is 9.53 Å². The Bertz CT molecular complexity index is 441. The van der Waals surface area contributed by atoms with Crippen molar-refractivity contribution in [3.63, 3.8) is 0 Å². The molecule has 4 nitrogen and oxygen atoms in total. The van der Waals surface area contributed by atoms with Gasteiger partial charge in [0.15, 0.2) is 0 Å². The lowest BCUT2D eigenvalue weighted by atomic mass is 9.87. The van der Waals surface area contributed by atoms with Crippen LogP contribution in [0.4, 0.5) is 0 Å². The summed E-state index contributed by atoms with van der Waals surface area (Å²) < 4.78 is 5.12. The number of hydrogen-bond donors (Lipinski definition) is 1. The maximum atomic E-state index is 12.2. The van der Waals surface area contributed by atoms with E-state index in [4.69, 9.17) is 4.74 Å². The summed E-state index contributed by atoms with van der Waals surface area (Å²) in [4.78, 5) is 16.5. The van der Waals surface area contributed by atoms with E-state index >= 15 is 0 Å². The second kappa shape index (κ2) is 5.06. The summed E-state index contributed by atoms with van der Waals surface area (Å²) in [6.45, 7) is 7.03. The fourth-order valence-corrected chi connectivity index (χ4v) is 2.01. The standard InChI is InChI=1S/C14H20N2O2/c1-4-11(12-7-10(2)5-6-15-12)16-13(17)14(3)8-18-9-14/h5-7,11H,4,8-9H2,1-3H3,(H,16,17). The SMILES string of the molecule is CCC(NC(=O)C1(C)COC1)c1cc(C)ccn1. The molecule has 0 saturated carbocycles. The molecule has 1 amide bonds.